The lowest BCUT2D eigenvalue weighted by atomic mass is 10.00. The molecule has 208 valence electrons. The van der Waals surface area contributed by atoms with Gasteiger partial charge in [0.1, 0.15) is 21.2 Å². The number of ether oxygens (including phenoxy) is 1. The Balaban J connectivity index is 1.33. The number of hydrogen-bond acceptors (Lipinski definition) is 6. The standard InChI is InChI=1S/C31H29N5O4S/c1-18-16-22(40-21-7-3-2-4-8-21)11-12-23(18)36-24-13-14-33-29-25(24)26(27(41-29)28(32)37)35(31(36)39)20-6-5-15-34(17-20)30(38)19-9-10-19/h2-4,7-8,11-14,16,19-20H,5-6,9-10,15,17H2,1H3,(H2,32,37). The fourth-order valence-corrected chi connectivity index (χ4v) is 6.98. The molecule has 0 spiro atoms. The number of hydrogen-bond donors (Lipinski definition) is 1. The van der Waals surface area contributed by atoms with E-state index in [1.54, 1.807) is 22.1 Å². The van der Waals surface area contributed by atoms with Crippen LogP contribution in [0.5, 0.6) is 11.5 Å². The van der Waals surface area contributed by atoms with Crippen LogP contribution in [0.25, 0.3) is 10.2 Å². The fourth-order valence-electron chi connectivity index (χ4n) is 5.97. The number of para-hydroxylation sites is 1. The monoisotopic (exact) mass is 567 g/mol. The van der Waals surface area contributed by atoms with Crippen molar-refractivity contribution in [2.75, 3.05) is 22.9 Å². The Hall–Kier alpha value is -4.44. The topological polar surface area (TPSA) is 109 Å². The predicted molar refractivity (Wildman–Crippen MR) is 158 cm³/mol. The molecule has 0 bridgehead atoms. The summed E-state index contributed by atoms with van der Waals surface area (Å²) in [6.07, 6.45) is 4.99. The maximum atomic E-state index is 14.6. The molecular formula is C31H29N5O4S. The van der Waals surface area contributed by atoms with Gasteiger partial charge >= 0.3 is 6.03 Å². The van der Waals surface area contributed by atoms with Crippen LogP contribution in [0.4, 0.5) is 21.9 Å². The van der Waals surface area contributed by atoms with Gasteiger partial charge in [-0.15, -0.1) is 11.3 Å². The molecule has 4 aromatic rings. The largest absolute Gasteiger partial charge is 0.457 e. The number of rotatable bonds is 6. The summed E-state index contributed by atoms with van der Waals surface area (Å²) in [5.74, 6) is 1.04. The Morgan fingerprint density at radius 3 is 2.56 bits per heavy atom. The summed E-state index contributed by atoms with van der Waals surface area (Å²) >= 11 is 1.20. The average Bonchev–Trinajstić information content (AvgIpc) is 3.75. The van der Waals surface area contributed by atoms with Gasteiger partial charge in [-0.25, -0.2) is 9.78 Å². The Morgan fingerprint density at radius 2 is 1.83 bits per heavy atom. The van der Waals surface area contributed by atoms with E-state index in [0.717, 1.165) is 36.0 Å². The summed E-state index contributed by atoms with van der Waals surface area (Å²) in [4.78, 5) is 51.0. The number of nitrogens with zero attached hydrogens (tertiary/aromatic N) is 4. The molecule has 3 aliphatic rings. The van der Waals surface area contributed by atoms with Gasteiger partial charge in [-0.1, -0.05) is 18.2 Å². The molecule has 7 rings (SSSR count). The van der Waals surface area contributed by atoms with Gasteiger partial charge in [-0.3, -0.25) is 19.4 Å². The molecule has 2 fully saturated rings. The first-order valence-corrected chi connectivity index (χ1v) is 14.7. The summed E-state index contributed by atoms with van der Waals surface area (Å²) < 4.78 is 6.04. The molecule has 41 heavy (non-hydrogen) atoms. The van der Waals surface area contributed by atoms with Gasteiger partial charge in [0, 0.05) is 25.2 Å². The van der Waals surface area contributed by atoms with E-state index in [1.165, 1.54) is 11.3 Å². The number of nitrogens with two attached hydrogens (primary N) is 1. The second-order valence-corrected chi connectivity index (χ2v) is 11.9. The average molecular weight is 568 g/mol. The molecule has 2 aromatic carbocycles. The number of urea groups is 1. The highest BCUT2D eigenvalue weighted by molar-refractivity contribution is 7.21. The zero-order chi connectivity index (χ0) is 28.2. The number of primary amides is 1. The smallest absolute Gasteiger partial charge is 0.334 e. The van der Waals surface area contributed by atoms with Gasteiger partial charge in [0.25, 0.3) is 5.91 Å². The van der Waals surface area contributed by atoms with Crippen molar-refractivity contribution in [1.29, 1.82) is 0 Å². The van der Waals surface area contributed by atoms with Gasteiger partial charge < -0.3 is 15.4 Å². The van der Waals surface area contributed by atoms with Gasteiger partial charge in [-0.05, 0) is 74.6 Å². The van der Waals surface area contributed by atoms with Crippen LogP contribution >= 0.6 is 11.3 Å². The SMILES string of the molecule is Cc1cc(Oc2ccccc2)ccc1N1C(=O)N(C2CCCN(C(=O)C3CC3)C2)c2c(C(N)=O)sc3nccc1c23. The number of likely N-dealkylation sites (tertiary alicyclic amines) is 1. The zero-order valence-corrected chi connectivity index (χ0v) is 23.4. The van der Waals surface area contributed by atoms with Crippen molar-refractivity contribution < 1.29 is 19.1 Å². The molecule has 4 amide bonds. The summed E-state index contributed by atoms with van der Waals surface area (Å²) in [6, 6.07) is 16.4. The molecule has 10 heteroatoms. The van der Waals surface area contributed by atoms with Crippen LogP contribution in [0, 0.1) is 12.8 Å². The second-order valence-electron chi connectivity index (χ2n) is 10.9. The van der Waals surface area contributed by atoms with Crippen molar-refractivity contribution in [3.05, 3.63) is 71.2 Å². The molecular weight excluding hydrogens is 538 g/mol. The molecule has 1 atom stereocenters. The number of carbonyl (C=O) groups excluding carboxylic acids is 3. The third kappa shape index (κ3) is 4.39. The first kappa shape index (κ1) is 25.5. The van der Waals surface area contributed by atoms with E-state index in [1.807, 2.05) is 60.4 Å². The molecule has 2 aromatic heterocycles. The first-order valence-electron chi connectivity index (χ1n) is 13.9. The van der Waals surface area contributed by atoms with Crippen molar-refractivity contribution in [2.24, 2.45) is 11.7 Å². The summed E-state index contributed by atoms with van der Waals surface area (Å²) in [6.45, 7) is 3.04. The van der Waals surface area contributed by atoms with E-state index in [-0.39, 0.29) is 23.9 Å². The van der Waals surface area contributed by atoms with Crippen LogP contribution in [-0.4, -0.2) is 46.9 Å². The summed E-state index contributed by atoms with van der Waals surface area (Å²) in [5.41, 5.74) is 8.56. The van der Waals surface area contributed by atoms with Gasteiger partial charge in [0.15, 0.2) is 0 Å². The number of carbonyl (C=O) groups is 3. The number of anilines is 3. The molecule has 1 aliphatic carbocycles. The van der Waals surface area contributed by atoms with E-state index in [9.17, 15) is 14.4 Å². The number of piperidine rings is 1. The van der Waals surface area contributed by atoms with Crippen LogP contribution in [0.15, 0.2) is 60.8 Å². The molecule has 2 aliphatic heterocycles. The highest BCUT2D eigenvalue weighted by Crippen LogP contribution is 2.50. The first-order chi connectivity index (χ1) is 19.9. The molecule has 1 unspecified atom stereocenters. The number of benzene rings is 2. The number of pyridine rings is 1. The van der Waals surface area contributed by atoms with E-state index < -0.39 is 5.91 Å². The van der Waals surface area contributed by atoms with Crippen LogP contribution in [0.1, 0.15) is 40.9 Å². The Labute approximate surface area is 241 Å². The van der Waals surface area contributed by atoms with Crippen molar-refractivity contribution in [3.63, 3.8) is 0 Å². The molecule has 4 heterocycles. The van der Waals surface area contributed by atoms with Crippen LogP contribution < -0.4 is 20.3 Å². The third-order valence-electron chi connectivity index (χ3n) is 8.04. The van der Waals surface area contributed by atoms with Crippen LogP contribution in [0.2, 0.25) is 0 Å². The molecule has 0 radical (unpaired) electrons. The van der Waals surface area contributed by atoms with E-state index in [4.69, 9.17) is 10.5 Å². The maximum absolute atomic E-state index is 14.6. The highest BCUT2D eigenvalue weighted by Gasteiger charge is 2.44. The molecule has 2 N–H and O–H groups in total. The summed E-state index contributed by atoms with van der Waals surface area (Å²) in [7, 11) is 0. The van der Waals surface area contributed by atoms with Gasteiger partial charge in [0.05, 0.1) is 28.5 Å². The lowest BCUT2D eigenvalue weighted by molar-refractivity contribution is -0.133. The second kappa shape index (κ2) is 9.88. The molecule has 9 nitrogen and oxygen atoms in total. The van der Waals surface area contributed by atoms with Crippen molar-refractivity contribution in [2.45, 2.75) is 38.6 Å². The van der Waals surface area contributed by atoms with Crippen LogP contribution in [0.3, 0.4) is 0 Å². The molecule has 1 saturated carbocycles. The lowest BCUT2D eigenvalue weighted by Crippen LogP contribution is -2.56. The van der Waals surface area contributed by atoms with Crippen molar-refractivity contribution in [1.82, 2.24) is 9.88 Å². The minimum absolute atomic E-state index is 0.0977. The number of amides is 4. The fraction of sp³-hybridized carbons (Fsp3) is 0.290. The van der Waals surface area contributed by atoms with E-state index >= 15 is 0 Å². The van der Waals surface area contributed by atoms with E-state index in [0.29, 0.717) is 52.0 Å². The number of thiophene rings is 1. The Morgan fingerprint density at radius 1 is 1.02 bits per heavy atom. The Bertz CT molecular complexity index is 1700. The summed E-state index contributed by atoms with van der Waals surface area (Å²) in [5, 5.41) is 0.723. The third-order valence-corrected chi connectivity index (χ3v) is 9.14. The number of aromatic nitrogens is 1. The highest BCUT2D eigenvalue weighted by atomic mass is 32.1. The number of aryl methyl sites for hydroxylation is 1. The zero-order valence-electron chi connectivity index (χ0n) is 22.6. The normalized spacial score (nSPS) is 18.6. The molecule has 1 saturated heterocycles. The predicted octanol–water partition coefficient (Wildman–Crippen LogP) is 5.98. The maximum Gasteiger partial charge on any atom is 0.334 e. The van der Waals surface area contributed by atoms with E-state index in [2.05, 4.69) is 4.98 Å². The van der Waals surface area contributed by atoms with Gasteiger partial charge in [0.2, 0.25) is 5.91 Å². The minimum atomic E-state index is -0.597. The van der Waals surface area contributed by atoms with Crippen molar-refractivity contribution >= 4 is 56.5 Å². The van der Waals surface area contributed by atoms with Crippen LogP contribution in [-0.2, 0) is 4.79 Å². The van der Waals surface area contributed by atoms with Gasteiger partial charge in [-0.2, -0.15) is 0 Å². The van der Waals surface area contributed by atoms with Crippen molar-refractivity contribution in [3.8, 4) is 11.5 Å². The Kier molecular flexibility index (Phi) is 6.15. The minimum Gasteiger partial charge on any atom is -0.457 e. The quantitative estimate of drug-likeness (QED) is 0.309. The lowest BCUT2D eigenvalue weighted by Gasteiger charge is -2.44.